The number of nitrogens with one attached hydrogen (secondary N) is 1. The fraction of sp³-hybridized carbons (Fsp3) is 0.500. The summed E-state index contributed by atoms with van der Waals surface area (Å²) in [4.78, 5) is 0. The van der Waals surface area contributed by atoms with Gasteiger partial charge in [0.15, 0.2) is 0 Å². The van der Waals surface area contributed by atoms with Crippen molar-refractivity contribution in [3.8, 4) is 5.75 Å². The molecule has 2 rings (SSSR count). The van der Waals surface area contributed by atoms with E-state index in [1.165, 1.54) is 0 Å². The molecular weight excluding hydrogens is 210 g/mol. The van der Waals surface area contributed by atoms with Gasteiger partial charge in [0.05, 0.1) is 0 Å². The molecule has 2 N–H and O–H groups in total. The summed E-state index contributed by atoms with van der Waals surface area (Å²) < 4.78 is 0. The SMILES string of the molecule is Cc1cc(O)c([C@@H]2C[C@@H](C)CN2)cc1Cl. The van der Waals surface area contributed by atoms with Gasteiger partial charge < -0.3 is 10.4 Å². The van der Waals surface area contributed by atoms with Crippen molar-refractivity contribution >= 4 is 11.6 Å². The Kier molecular flexibility index (Phi) is 2.89. The van der Waals surface area contributed by atoms with E-state index in [9.17, 15) is 5.11 Å². The molecule has 0 bridgehead atoms. The molecule has 1 aliphatic rings. The Labute approximate surface area is 95.3 Å². The molecule has 0 saturated carbocycles. The molecule has 0 spiro atoms. The third-order valence-corrected chi connectivity index (χ3v) is 3.44. The Morgan fingerprint density at radius 2 is 2.20 bits per heavy atom. The van der Waals surface area contributed by atoms with Crippen LogP contribution in [0.5, 0.6) is 5.75 Å². The number of rotatable bonds is 1. The normalized spacial score (nSPS) is 25.8. The summed E-state index contributed by atoms with van der Waals surface area (Å²) in [7, 11) is 0. The van der Waals surface area contributed by atoms with E-state index in [1.807, 2.05) is 13.0 Å². The molecule has 1 heterocycles. The van der Waals surface area contributed by atoms with Gasteiger partial charge in [-0.15, -0.1) is 0 Å². The van der Waals surface area contributed by atoms with E-state index in [1.54, 1.807) is 6.07 Å². The second kappa shape index (κ2) is 4.03. The Morgan fingerprint density at radius 1 is 1.47 bits per heavy atom. The lowest BCUT2D eigenvalue weighted by Crippen LogP contribution is -2.13. The first-order valence-corrected chi connectivity index (χ1v) is 5.68. The van der Waals surface area contributed by atoms with E-state index in [2.05, 4.69) is 12.2 Å². The first kappa shape index (κ1) is 10.8. The van der Waals surface area contributed by atoms with Crippen molar-refractivity contribution in [1.29, 1.82) is 0 Å². The zero-order chi connectivity index (χ0) is 11.0. The van der Waals surface area contributed by atoms with Gasteiger partial charge in [0.25, 0.3) is 0 Å². The van der Waals surface area contributed by atoms with Crippen molar-refractivity contribution in [3.63, 3.8) is 0 Å². The lowest BCUT2D eigenvalue weighted by Gasteiger charge is -2.14. The first-order valence-electron chi connectivity index (χ1n) is 5.30. The average molecular weight is 226 g/mol. The molecule has 1 fully saturated rings. The van der Waals surface area contributed by atoms with Gasteiger partial charge in [-0.25, -0.2) is 0 Å². The minimum absolute atomic E-state index is 0.248. The van der Waals surface area contributed by atoms with Crippen molar-refractivity contribution in [2.45, 2.75) is 26.3 Å². The van der Waals surface area contributed by atoms with Gasteiger partial charge in [0.2, 0.25) is 0 Å². The van der Waals surface area contributed by atoms with Crippen molar-refractivity contribution in [1.82, 2.24) is 5.32 Å². The molecule has 0 amide bonds. The Hall–Kier alpha value is -0.730. The van der Waals surface area contributed by atoms with Crippen LogP contribution >= 0.6 is 11.6 Å². The van der Waals surface area contributed by atoms with E-state index < -0.39 is 0 Å². The summed E-state index contributed by atoms with van der Waals surface area (Å²) in [6.45, 7) is 5.12. The number of phenolic OH excluding ortho intramolecular Hbond substituents is 1. The van der Waals surface area contributed by atoms with Gasteiger partial charge in [-0.2, -0.15) is 0 Å². The fourth-order valence-electron chi connectivity index (χ4n) is 2.11. The summed E-state index contributed by atoms with van der Waals surface area (Å²) in [6, 6.07) is 3.86. The number of hydrogen-bond donors (Lipinski definition) is 2. The number of benzene rings is 1. The van der Waals surface area contributed by atoms with Gasteiger partial charge in [-0.05, 0) is 43.5 Å². The predicted molar refractivity (Wildman–Crippen MR) is 62.4 cm³/mol. The molecule has 0 radical (unpaired) electrons. The van der Waals surface area contributed by atoms with E-state index in [0.717, 1.165) is 29.1 Å². The van der Waals surface area contributed by atoms with E-state index in [-0.39, 0.29) is 6.04 Å². The third-order valence-electron chi connectivity index (χ3n) is 3.03. The van der Waals surface area contributed by atoms with Gasteiger partial charge >= 0.3 is 0 Å². The Morgan fingerprint density at radius 3 is 2.80 bits per heavy atom. The van der Waals surface area contributed by atoms with Crippen LogP contribution in [0.25, 0.3) is 0 Å². The van der Waals surface area contributed by atoms with Crippen molar-refractivity contribution in [2.24, 2.45) is 5.92 Å². The number of phenols is 1. The summed E-state index contributed by atoms with van der Waals surface area (Å²) in [5, 5.41) is 14.0. The molecule has 0 aliphatic carbocycles. The Balaban J connectivity index is 2.32. The number of aryl methyl sites for hydroxylation is 1. The van der Waals surface area contributed by atoms with Crippen LogP contribution in [0.4, 0.5) is 0 Å². The Bertz CT molecular complexity index is 378. The smallest absolute Gasteiger partial charge is 0.120 e. The van der Waals surface area contributed by atoms with Crippen LogP contribution in [0.1, 0.15) is 30.5 Å². The van der Waals surface area contributed by atoms with Crippen LogP contribution in [0.2, 0.25) is 5.02 Å². The van der Waals surface area contributed by atoms with Crippen LogP contribution in [-0.4, -0.2) is 11.7 Å². The average Bonchev–Trinajstić information content (AvgIpc) is 2.58. The molecule has 0 aromatic heterocycles. The summed E-state index contributed by atoms with van der Waals surface area (Å²) in [5.74, 6) is 1.01. The molecule has 1 aromatic carbocycles. The number of halogens is 1. The molecule has 82 valence electrons. The molecular formula is C12H16ClNO. The lowest BCUT2D eigenvalue weighted by molar-refractivity contribution is 0.455. The quantitative estimate of drug-likeness (QED) is 0.770. The third kappa shape index (κ3) is 2.11. The second-order valence-electron chi connectivity index (χ2n) is 4.46. The molecule has 15 heavy (non-hydrogen) atoms. The zero-order valence-corrected chi connectivity index (χ0v) is 9.80. The highest BCUT2D eigenvalue weighted by molar-refractivity contribution is 6.31. The molecule has 3 heteroatoms. The minimum Gasteiger partial charge on any atom is -0.508 e. The summed E-state index contributed by atoms with van der Waals surface area (Å²) in [5.41, 5.74) is 1.85. The second-order valence-corrected chi connectivity index (χ2v) is 4.87. The minimum atomic E-state index is 0.248. The van der Waals surface area contributed by atoms with Crippen molar-refractivity contribution in [3.05, 3.63) is 28.3 Å². The number of hydrogen-bond acceptors (Lipinski definition) is 2. The van der Waals surface area contributed by atoms with Crippen molar-refractivity contribution in [2.75, 3.05) is 6.54 Å². The van der Waals surface area contributed by atoms with Crippen LogP contribution < -0.4 is 5.32 Å². The van der Waals surface area contributed by atoms with Gasteiger partial charge in [0.1, 0.15) is 5.75 Å². The van der Waals surface area contributed by atoms with E-state index in [0.29, 0.717) is 11.7 Å². The first-order chi connectivity index (χ1) is 7.08. The highest BCUT2D eigenvalue weighted by Gasteiger charge is 2.24. The van der Waals surface area contributed by atoms with Crippen molar-refractivity contribution < 1.29 is 5.11 Å². The van der Waals surface area contributed by atoms with Gasteiger partial charge in [-0.1, -0.05) is 18.5 Å². The standard InChI is InChI=1S/C12H16ClNO/c1-7-3-11(14-6-7)9-5-10(13)8(2)4-12(9)15/h4-5,7,11,14-15H,3,6H2,1-2H3/t7-,11+/m1/s1. The molecule has 0 unspecified atom stereocenters. The molecule has 2 nitrogen and oxygen atoms in total. The maximum Gasteiger partial charge on any atom is 0.120 e. The van der Waals surface area contributed by atoms with E-state index >= 15 is 0 Å². The monoisotopic (exact) mass is 225 g/mol. The van der Waals surface area contributed by atoms with Gasteiger partial charge in [-0.3, -0.25) is 0 Å². The highest BCUT2D eigenvalue weighted by atomic mass is 35.5. The summed E-state index contributed by atoms with van der Waals surface area (Å²) in [6.07, 6.45) is 1.06. The zero-order valence-electron chi connectivity index (χ0n) is 9.05. The predicted octanol–water partition coefficient (Wildman–Crippen LogP) is 3.02. The van der Waals surface area contributed by atoms with Crippen LogP contribution in [0.3, 0.4) is 0 Å². The van der Waals surface area contributed by atoms with Crippen LogP contribution in [0, 0.1) is 12.8 Å². The largest absolute Gasteiger partial charge is 0.508 e. The highest BCUT2D eigenvalue weighted by Crippen LogP contribution is 2.35. The maximum absolute atomic E-state index is 9.86. The maximum atomic E-state index is 9.86. The fourth-order valence-corrected chi connectivity index (χ4v) is 2.28. The lowest BCUT2D eigenvalue weighted by atomic mass is 9.99. The number of aromatic hydroxyl groups is 1. The van der Waals surface area contributed by atoms with E-state index in [4.69, 9.17) is 11.6 Å². The topological polar surface area (TPSA) is 32.3 Å². The van der Waals surface area contributed by atoms with Gasteiger partial charge in [0, 0.05) is 16.6 Å². The van der Waals surface area contributed by atoms with Crippen LogP contribution in [-0.2, 0) is 0 Å². The molecule has 1 aromatic rings. The molecule has 1 aliphatic heterocycles. The van der Waals surface area contributed by atoms with Crippen LogP contribution in [0.15, 0.2) is 12.1 Å². The summed E-state index contributed by atoms with van der Waals surface area (Å²) >= 11 is 6.06. The molecule has 1 saturated heterocycles. The molecule has 2 atom stereocenters.